The molecule has 1 aliphatic heterocycles. The lowest BCUT2D eigenvalue weighted by Crippen LogP contribution is -1.93. The standard InChI is InChI=1S/C10H14NP/c1-12-8-4-6-10(12)9-5-2-3-7-11-9/h2-3,5,7,10H,4,6,8H2,1H3/t10-,12+/m1/s1. The minimum atomic E-state index is 0.233. The molecule has 2 heteroatoms. The Labute approximate surface area is 75.0 Å². The van der Waals surface area contributed by atoms with Crippen molar-refractivity contribution < 1.29 is 0 Å². The molecule has 2 rings (SSSR count). The molecule has 0 radical (unpaired) electrons. The highest BCUT2D eigenvalue weighted by Gasteiger charge is 2.24. The molecule has 0 aliphatic carbocycles. The summed E-state index contributed by atoms with van der Waals surface area (Å²) < 4.78 is 0. The van der Waals surface area contributed by atoms with Crippen molar-refractivity contribution in [3.05, 3.63) is 30.1 Å². The normalized spacial score (nSPS) is 29.1. The molecule has 1 saturated heterocycles. The SMILES string of the molecule is C[P@@]1CCC[C@@H]1c1ccccn1. The van der Waals surface area contributed by atoms with Gasteiger partial charge in [-0.05, 0) is 37.8 Å². The average molecular weight is 179 g/mol. The van der Waals surface area contributed by atoms with Crippen molar-refractivity contribution in [2.75, 3.05) is 12.8 Å². The van der Waals surface area contributed by atoms with E-state index in [9.17, 15) is 0 Å². The fourth-order valence-electron chi connectivity index (χ4n) is 1.86. The summed E-state index contributed by atoms with van der Waals surface area (Å²) in [7, 11) is 0.233. The lowest BCUT2D eigenvalue weighted by atomic mass is 10.2. The first-order valence-electron chi connectivity index (χ1n) is 4.49. The van der Waals surface area contributed by atoms with Gasteiger partial charge in [0.05, 0.1) is 0 Å². The zero-order valence-corrected chi connectivity index (χ0v) is 8.30. The van der Waals surface area contributed by atoms with Gasteiger partial charge in [0.15, 0.2) is 0 Å². The van der Waals surface area contributed by atoms with Crippen LogP contribution in [-0.4, -0.2) is 17.8 Å². The third kappa shape index (κ3) is 1.51. The Bertz CT molecular complexity index is 247. The molecule has 0 unspecified atom stereocenters. The summed E-state index contributed by atoms with van der Waals surface area (Å²) in [6.07, 6.45) is 6.12. The van der Waals surface area contributed by atoms with Crippen molar-refractivity contribution >= 4 is 7.92 Å². The van der Waals surface area contributed by atoms with Crippen LogP contribution in [0.5, 0.6) is 0 Å². The van der Waals surface area contributed by atoms with Crippen LogP contribution in [0.15, 0.2) is 24.4 Å². The summed E-state index contributed by atoms with van der Waals surface area (Å²) in [5, 5.41) is 0. The lowest BCUT2D eigenvalue weighted by Gasteiger charge is -2.14. The van der Waals surface area contributed by atoms with E-state index in [-0.39, 0.29) is 7.92 Å². The Morgan fingerprint density at radius 3 is 3.00 bits per heavy atom. The summed E-state index contributed by atoms with van der Waals surface area (Å²) >= 11 is 0. The minimum absolute atomic E-state index is 0.233. The summed E-state index contributed by atoms with van der Waals surface area (Å²) in [5.41, 5.74) is 2.12. The first kappa shape index (κ1) is 8.19. The fraction of sp³-hybridized carbons (Fsp3) is 0.500. The van der Waals surface area contributed by atoms with Gasteiger partial charge in [-0.25, -0.2) is 0 Å². The molecule has 2 atom stereocenters. The van der Waals surface area contributed by atoms with E-state index in [0.29, 0.717) is 0 Å². The smallest absolute Gasteiger partial charge is 0.0477 e. The molecule has 1 aromatic heterocycles. The molecule has 12 heavy (non-hydrogen) atoms. The maximum Gasteiger partial charge on any atom is 0.0477 e. The van der Waals surface area contributed by atoms with Crippen molar-refractivity contribution in [1.82, 2.24) is 4.98 Å². The van der Waals surface area contributed by atoms with Crippen LogP contribution in [0.1, 0.15) is 24.2 Å². The van der Waals surface area contributed by atoms with Gasteiger partial charge in [-0.2, -0.15) is 0 Å². The highest BCUT2D eigenvalue weighted by atomic mass is 31.1. The van der Waals surface area contributed by atoms with Crippen LogP contribution in [-0.2, 0) is 0 Å². The second-order valence-corrected chi connectivity index (χ2v) is 5.98. The van der Waals surface area contributed by atoms with Gasteiger partial charge in [-0.3, -0.25) is 4.98 Å². The van der Waals surface area contributed by atoms with E-state index in [2.05, 4.69) is 23.8 Å². The Hall–Kier alpha value is -0.420. The lowest BCUT2D eigenvalue weighted by molar-refractivity contribution is 0.804. The van der Waals surface area contributed by atoms with E-state index in [4.69, 9.17) is 0 Å². The number of pyridine rings is 1. The largest absolute Gasteiger partial charge is 0.261 e. The third-order valence-corrected chi connectivity index (χ3v) is 5.16. The Morgan fingerprint density at radius 1 is 1.50 bits per heavy atom. The van der Waals surface area contributed by atoms with Gasteiger partial charge in [0.1, 0.15) is 0 Å². The van der Waals surface area contributed by atoms with Crippen molar-refractivity contribution in [2.24, 2.45) is 0 Å². The molecular formula is C10H14NP. The molecule has 1 nitrogen and oxygen atoms in total. The van der Waals surface area contributed by atoms with Crippen LogP contribution >= 0.6 is 7.92 Å². The number of aromatic nitrogens is 1. The first-order valence-corrected chi connectivity index (χ1v) is 6.53. The highest BCUT2D eigenvalue weighted by Crippen LogP contribution is 2.55. The van der Waals surface area contributed by atoms with Crippen molar-refractivity contribution in [3.8, 4) is 0 Å². The van der Waals surface area contributed by atoms with E-state index < -0.39 is 0 Å². The molecule has 1 aromatic rings. The predicted molar refractivity (Wildman–Crippen MR) is 53.9 cm³/mol. The van der Waals surface area contributed by atoms with Gasteiger partial charge in [0.2, 0.25) is 0 Å². The molecule has 64 valence electrons. The van der Waals surface area contributed by atoms with E-state index in [1.807, 2.05) is 12.3 Å². The summed E-state index contributed by atoms with van der Waals surface area (Å²) in [6.45, 7) is 2.40. The number of nitrogens with zero attached hydrogens (tertiary/aromatic N) is 1. The van der Waals surface area contributed by atoms with Crippen molar-refractivity contribution in [2.45, 2.75) is 18.5 Å². The number of hydrogen-bond donors (Lipinski definition) is 0. The van der Waals surface area contributed by atoms with Crippen LogP contribution < -0.4 is 0 Å². The van der Waals surface area contributed by atoms with Crippen molar-refractivity contribution in [1.29, 1.82) is 0 Å². The quantitative estimate of drug-likeness (QED) is 0.604. The van der Waals surface area contributed by atoms with E-state index >= 15 is 0 Å². The van der Waals surface area contributed by atoms with Crippen molar-refractivity contribution in [3.63, 3.8) is 0 Å². The topological polar surface area (TPSA) is 12.9 Å². The average Bonchev–Trinajstić information content (AvgIpc) is 2.53. The Balaban J connectivity index is 2.19. The summed E-state index contributed by atoms with van der Waals surface area (Å²) in [6, 6.07) is 6.27. The van der Waals surface area contributed by atoms with Gasteiger partial charge < -0.3 is 0 Å². The maximum atomic E-state index is 4.43. The Kier molecular flexibility index (Phi) is 2.41. The van der Waals surface area contributed by atoms with E-state index in [1.165, 1.54) is 24.7 Å². The molecule has 0 spiro atoms. The van der Waals surface area contributed by atoms with Crippen LogP contribution in [0.3, 0.4) is 0 Å². The minimum Gasteiger partial charge on any atom is -0.261 e. The molecule has 2 heterocycles. The monoisotopic (exact) mass is 179 g/mol. The molecule has 1 fully saturated rings. The molecule has 0 saturated carbocycles. The third-order valence-electron chi connectivity index (χ3n) is 2.55. The molecular weight excluding hydrogens is 165 g/mol. The molecule has 0 amide bonds. The van der Waals surface area contributed by atoms with Crippen LogP contribution in [0.2, 0.25) is 0 Å². The van der Waals surface area contributed by atoms with E-state index in [0.717, 1.165) is 5.66 Å². The zero-order chi connectivity index (χ0) is 8.39. The number of hydrogen-bond acceptors (Lipinski definition) is 1. The van der Waals surface area contributed by atoms with Gasteiger partial charge in [-0.15, -0.1) is 7.92 Å². The fourth-order valence-corrected chi connectivity index (χ4v) is 4.08. The second kappa shape index (κ2) is 3.53. The Morgan fingerprint density at radius 2 is 2.42 bits per heavy atom. The summed E-state index contributed by atoms with van der Waals surface area (Å²) in [4.78, 5) is 4.43. The first-order chi connectivity index (χ1) is 5.88. The zero-order valence-electron chi connectivity index (χ0n) is 7.40. The molecule has 0 aromatic carbocycles. The predicted octanol–water partition coefficient (Wildman–Crippen LogP) is 3.03. The molecule has 1 aliphatic rings. The highest BCUT2D eigenvalue weighted by molar-refractivity contribution is 7.57. The van der Waals surface area contributed by atoms with Gasteiger partial charge >= 0.3 is 0 Å². The van der Waals surface area contributed by atoms with Gasteiger partial charge in [-0.1, -0.05) is 6.07 Å². The van der Waals surface area contributed by atoms with Crippen LogP contribution in [0, 0.1) is 0 Å². The van der Waals surface area contributed by atoms with Gasteiger partial charge in [0.25, 0.3) is 0 Å². The summed E-state index contributed by atoms with van der Waals surface area (Å²) in [5.74, 6) is 0. The van der Waals surface area contributed by atoms with Crippen LogP contribution in [0.25, 0.3) is 0 Å². The van der Waals surface area contributed by atoms with E-state index in [1.54, 1.807) is 0 Å². The maximum absolute atomic E-state index is 4.43. The second-order valence-electron chi connectivity index (χ2n) is 3.39. The van der Waals surface area contributed by atoms with Crippen LogP contribution in [0.4, 0.5) is 0 Å². The number of rotatable bonds is 1. The van der Waals surface area contributed by atoms with Gasteiger partial charge in [0, 0.05) is 17.5 Å². The molecule has 0 bridgehead atoms. The molecule has 0 N–H and O–H groups in total.